The standard InChI is InChI=1S/C15H23BrN2O/c1-11-8-13(16)4-5-15(11)18-10-14(6-7-19)17(3)9-12(18)2/h4-5,8,12,14,19H,6-7,9-10H2,1-3H3. The fraction of sp³-hybridized carbons (Fsp3) is 0.600. The average molecular weight is 327 g/mol. The molecule has 1 heterocycles. The molecule has 1 N–H and O–H groups in total. The van der Waals surface area contributed by atoms with Gasteiger partial charge in [0.25, 0.3) is 0 Å². The van der Waals surface area contributed by atoms with Gasteiger partial charge in [0.2, 0.25) is 0 Å². The molecule has 0 spiro atoms. The van der Waals surface area contributed by atoms with E-state index in [4.69, 9.17) is 0 Å². The molecule has 1 aromatic rings. The topological polar surface area (TPSA) is 26.7 Å². The molecule has 1 aromatic carbocycles. The lowest BCUT2D eigenvalue weighted by atomic mass is 10.0. The minimum atomic E-state index is 0.260. The zero-order valence-corrected chi connectivity index (χ0v) is 13.5. The number of likely N-dealkylation sites (N-methyl/N-ethyl adjacent to an activating group) is 1. The van der Waals surface area contributed by atoms with E-state index in [0.29, 0.717) is 12.1 Å². The molecule has 1 aliphatic rings. The summed E-state index contributed by atoms with van der Waals surface area (Å²) in [5.74, 6) is 0. The van der Waals surface area contributed by atoms with Crippen LogP contribution in [0.15, 0.2) is 22.7 Å². The van der Waals surface area contributed by atoms with Crippen LogP contribution in [0.5, 0.6) is 0 Å². The molecule has 1 aliphatic heterocycles. The Hall–Kier alpha value is -0.580. The van der Waals surface area contributed by atoms with E-state index in [9.17, 15) is 5.11 Å². The monoisotopic (exact) mass is 326 g/mol. The lowest BCUT2D eigenvalue weighted by Crippen LogP contribution is -2.56. The second-order valence-corrected chi connectivity index (χ2v) is 6.45. The number of aliphatic hydroxyl groups is 1. The maximum atomic E-state index is 9.20. The summed E-state index contributed by atoms with van der Waals surface area (Å²) < 4.78 is 1.13. The molecule has 2 rings (SSSR count). The van der Waals surface area contributed by atoms with Gasteiger partial charge in [-0.3, -0.25) is 4.90 Å². The number of nitrogens with zero attached hydrogens (tertiary/aromatic N) is 2. The number of benzene rings is 1. The van der Waals surface area contributed by atoms with Crippen molar-refractivity contribution in [1.82, 2.24) is 4.90 Å². The van der Waals surface area contributed by atoms with Gasteiger partial charge in [-0.1, -0.05) is 15.9 Å². The Labute approximate surface area is 124 Å². The van der Waals surface area contributed by atoms with E-state index in [1.54, 1.807) is 0 Å². The van der Waals surface area contributed by atoms with Gasteiger partial charge in [-0.2, -0.15) is 0 Å². The highest BCUT2D eigenvalue weighted by Crippen LogP contribution is 2.28. The number of aliphatic hydroxyl groups excluding tert-OH is 1. The molecule has 2 unspecified atom stereocenters. The van der Waals surface area contributed by atoms with Crippen LogP contribution in [-0.2, 0) is 0 Å². The summed E-state index contributed by atoms with van der Waals surface area (Å²) in [5.41, 5.74) is 2.61. The Bertz CT molecular complexity index is 438. The summed E-state index contributed by atoms with van der Waals surface area (Å²) in [6.45, 7) is 6.72. The van der Waals surface area contributed by atoms with E-state index < -0.39 is 0 Å². The van der Waals surface area contributed by atoms with E-state index in [2.05, 4.69) is 64.8 Å². The van der Waals surface area contributed by atoms with Crippen molar-refractivity contribution in [2.45, 2.75) is 32.4 Å². The van der Waals surface area contributed by atoms with Gasteiger partial charge in [-0.25, -0.2) is 0 Å². The second kappa shape index (κ2) is 6.25. The molecule has 0 aromatic heterocycles. The Morgan fingerprint density at radius 1 is 1.37 bits per heavy atom. The number of rotatable bonds is 3. The number of hydrogen-bond donors (Lipinski definition) is 1. The van der Waals surface area contributed by atoms with E-state index in [-0.39, 0.29) is 6.61 Å². The molecule has 106 valence electrons. The van der Waals surface area contributed by atoms with E-state index in [0.717, 1.165) is 24.0 Å². The second-order valence-electron chi connectivity index (χ2n) is 5.54. The first-order valence-electron chi connectivity index (χ1n) is 6.87. The molecular formula is C15H23BrN2O. The van der Waals surface area contributed by atoms with Crippen LogP contribution < -0.4 is 4.90 Å². The SMILES string of the molecule is Cc1cc(Br)ccc1N1CC(CCO)N(C)CC1C. The van der Waals surface area contributed by atoms with Crippen LogP contribution in [-0.4, -0.2) is 48.8 Å². The smallest absolute Gasteiger partial charge is 0.0446 e. The van der Waals surface area contributed by atoms with Crippen LogP contribution in [0.1, 0.15) is 18.9 Å². The number of halogens is 1. The Balaban J connectivity index is 2.22. The van der Waals surface area contributed by atoms with Crippen LogP contribution >= 0.6 is 15.9 Å². The van der Waals surface area contributed by atoms with Crippen molar-refractivity contribution in [1.29, 1.82) is 0 Å². The first-order chi connectivity index (χ1) is 9.02. The van der Waals surface area contributed by atoms with Crippen LogP contribution in [0.4, 0.5) is 5.69 Å². The highest BCUT2D eigenvalue weighted by molar-refractivity contribution is 9.10. The van der Waals surface area contributed by atoms with E-state index >= 15 is 0 Å². The molecule has 1 fully saturated rings. The van der Waals surface area contributed by atoms with Gasteiger partial charge in [0, 0.05) is 41.9 Å². The highest BCUT2D eigenvalue weighted by Gasteiger charge is 2.29. The van der Waals surface area contributed by atoms with Crippen molar-refractivity contribution in [2.24, 2.45) is 0 Å². The zero-order chi connectivity index (χ0) is 14.0. The third-order valence-corrected chi connectivity index (χ3v) is 4.54. The van der Waals surface area contributed by atoms with Crippen molar-refractivity contribution in [3.05, 3.63) is 28.2 Å². The van der Waals surface area contributed by atoms with Gasteiger partial charge in [-0.05, 0) is 51.1 Å². The molecule has 0 aliphatic carbocycles. The molecule has 0 saturated carbocycles. The van der Waals surface area contributed by atoms with Gasteiger partial charge in [0.15, 0.2) is 0 Å². The molecule has 0 amide bonds. The van der Waals surface area contributed by atoms with Gasteiger partial charge >= 0.3 is 0 Å². The summed E-state index contributed by atoms with van der Waals surface area (Å²) in [4.78, 5) is 4.84. The van der Waals surface area contributed by atoms with Crippen LogP contribution in [0.25, 0.3) is 0 Å². The molecule has 3 nitrogen and oxygen atoms in total. The minimum Gasteiger partial charge on any atom is -0.396 e. The van der Waals surface area contributed by atoms with Crippen LogP contribution in [0, 0.1) is 6.92 Å². The number of aryl methyl sites for hydroxylation is 1. The summed E-state index contributed by atoms with van der Waals surface area (Å²) in [6, 6.07) is 7.40. The molecule has 0 radical (unpaired) electrons. The van der Waals surface area contributed by atoms with Crippen molar-refractivity contribution in [3.8, 4) is 0 Å². The largest absolute Gasteiger partial charge is 0.396 e. The quantitative estimate of drug-likeness (QED) is 0.925. The third kappa shape index (κ3) is 3.30. The number of anilines is 1. The number of piperazine rings is 1. The van der Waals surface area contributed by atoms with Crippen LogP contribution in [0.2, 0.25) is 0 Å². The summed E-state index contributed by atoms with van der Waals surface area (Å²) in [5, 5.41) is 9.20. The zero-order valence-electron chi connectivity index (χ0n) is 11.9. The fourth-order valence-electron chi connectivity index (χ4n) is 2.95. The molecular weight excluding hydrogens is 304 g/mol. The average Bonchev–Trinajstić information content (AvgIpc) is 2.34. The Morgan fingerprint density at radius 2 is 2.11 bits per heavy atom. The molecule has 4 heteroatoms. The van der Waals surface area contributed by atoms with Gasteiger partial charge in [0.1, 0.15) is 0 Å². The maximum absolute atomic E-state index is 9.20. The van der Waals surface area contributed by atoms with Crippen molar-refractivity contribution in [2.75, 3.05) is 31.6 Å². The Morgan fingerprint density at radius 3 is 2.74 bits per heavy atom. The van der Waals surface area contributed by atoms with E-state index in [1.807, 2.05) is 0 Å². The van der Waals surface area contributed by atoms with Gasteiger partial charge in [0.05, 0.1) is 0 Å². The van der Waals surface area contributed by atoms with Crippen molar-refractivity contribution in [3.63, 3.8) is 0 Å². The Kier molecular flexibility index (Phi) is 4.87. The highest BCUT2D eigenvalue weighted by atomic mass is 79.9. The predicted molar refractivity (Wildman–Crippen MR) is 83.8 cm³/mol. The minimum absolute atomic E-state index is 0.260. The molecule has 0 bridgehead atoms. The fourth-order valence-corrected chi connectivity index (χ4v) is 3.42. The van der Waals surface area contributed by atoms with E-state index in [1.165, 1.54) is 11.3 Å². The van der Waals surface area contributed by atoms with Crippen molar-refractivity contribution >= 4 is 21.6 Å². The summed E-state index contributed by atoms with van der Waals surface area (Å²) in [7, 11) is 2.16. The summed E-state index contributed by atoms with van der Waals surface area (Å²) in [6.07, 6.45) is 0.843. The molecule has 19 heavy (non-hydrogen) atoms. The first kappa shape index (κ1) is 14.8. The first-order valence-corrected chi connectivity index (χ1v) is 7.66. The normalized spacial score (nSPS) is 24.8. The lowest BCUT2D eigenvalue weighted by molar-refractivity contribution is 0.154. The number of hydrogen-bond acceptors (Lipinski definition) is 3. The molecule has 1 saturated heterocycles. The third-order valence-electron chi connectivity index (χ3n) is 4.05. The summed E-state index contributed by atoms with van der Waals surface area (Å²) >= 11 is 3.52. The maximum Gasteiger partial charge on any atom is 0.0446 e. The van der Waals surface area contributed by atoms with Crippen LogP contribution in [0.3, 0.4) is 0 Å². The lowest BCUT2D eigenvalue weighted by Gasteiger charge is -2.45. The molecule has 2 atom stereocenters. The predicted octanol–water partition coefficient (Wildman–Crippen LogP) is 2.65. The van der Waals surface area contributed by atoms with Gasteiger partial charge in [-0.15, -0.1) is 0 Å². The van der Waals surface area contributed by atoms with Crippen molar-refractivity contribution < 1.29 is 5.11 Å². The van der Waals surface area contributed by atoms with Gasteiger partial charge < -0.3 is 10.0 Å².